The summed E-state index contributed by atoms with van der Waals surface area (Å²) in [6.45, 7) is 1.49. The Bertz CT molecular complexity index is 953. The van der Waals surface area contributed by atoms with E-state index in [0.717, 1.165) is 36.0 Å². The Hall–Kier alpha value is -3.32. The molecule has 0 radical (unpaired) electrons. The lowest BCUT2D eigenvalue weighted by Gasteiger charge is -2.21. The van der Waals surface area contributed by atoms with Gasteiger partial charge in [0.15, 0.2) is 4.86 Å². The van der Waals surface area contributed by atoms with E-state index in [1.165, 1.54) is 17.1 Å². The minimum atomic E-state index is 0.0994. The highest BCUT2D eigenvalue weighted by atomic mass is 16.6. The molecular weight excluding hydrogens is 356 g/mol. The second kappa shape index (κ2) is 9.57. The Balaban J connectivity index is 1.62. The van der Waals surface area contributed by atoms with Gasteiger partial charge in [-0.05, 0) is 35.6 Å². The van der Waals surface area contributed by atoms with E-state index in [2.05, 4.69) is 39.7 Å². The van der Waals surface area contributed by atoms with Crippen molar-refractivity contribution in [3.8, 4) is 0 Å². The van der Waals surface area contributed by atoms with Gasteiger partial charge in [-0.25, -0.2) is 0 Å². The molecule has 1 heterocycles. The van der Waals surface area contributed by atoms with Crippen LogP contribution >= 0.6 is 0 Å². The topological polar surface area (TPSA) is 95.1 Å². The summed E-state index contributed by atoms with van der Waals surface area (Å²) in [5.41, 5.74) is 4.46. The molecule has 3 rings (SSSR count). The molecule has 0 bridgehead atoms. The molecule has 0 amide bonds. The van der Waals surface area contributed by atoms with E-state index in [1.54, 1.807) is 6.08 Å². The monoisotopic (exact) mass is 381 g/mol. The van der Waals surface area contributed by atoms with Crippen molar-refractivity contribution >= 4 is 10.9 Å². The van der Waals surface area contributed by atoms with E-state index < -0.39 is 0 Å². The van der Waals surface area contributed by atoms with E-state index in [-0.39, 0.29) is 6.61 Å². The highest BCUT2D eigenvalue weighted by Crippen LogP contribution is 2.20. The molecule has 2 aromatic rings. The highest BCUT2D eigenvalue weighted by molar-refractivity contribution is 5.83. The largest absolute Gasteiger partial charge is 0.395 e. The van der Waals surface area contributed by atoms with Crippen LogP contribution in [0.1, 0.15) is 12.0 Å². The number of nitrogens with zero attached hydrogens (tertiary/aromatic N) is 3. The molecule has 0 saturated heterocycles. The third kappa shape index (κ3) is 5.11. The van der Waals surface area contributed by atoms with Gasteiger partial charge in [-0.2, -0.15) is 0 Å². The van der Waals surface area contributed by atoms with Crippen LogP contribution in [0.3, 0.4) is 0 Å². The molecule has 0 aliphatic heterocycles. The van der Waals surface area contributed by atoms with Gasteiger partial charge in [0.2, 0.25) is 5.28 Å². The van der Waals surface area contributed by atoms with Gasteiger partial charge in [0.05, 0.1) is 6.61 Å². The van der Waals surface area contributed by atoms with Crippen molar-refractivity contribution in [1.29, 1.82) is 0 Å². The lowest BCUT2D eigenvalue weighted by molar-refractivity contribution is -0.790. The van der Waals surface area contributed by atoms with Gasteiger partial charge < -0.3 is 20.2 Å². The highest BCUT2D eigenvalue weighted by Gasteiger charge is 2.08. The molecule has 0 unspecified atom stereocenters. The van der Waals surface area contributed by atoms with E-state index in [1.807, 2.05) is 30.4 Å². The Morgan fingerprint density at radius 3 is 2.82 bits per heavy atom. The number of hydroxylamine groups is 1. The van der Waals surface area contributed by atoms with E-state index >= 15 is 0 Å². The number of nitrogens with one attached hydrogen (secondary N) is 1. The minimum Gasteiger partial charge on any atom is -0.395 e. The molecule has 0 fully saturated rings. The fourth-order valence-corrected chi connectivity index (χ4v) is 3.18. The van der Waals surface area contributed by atoms with Crippen molar-refractivity contribution in [2.75, 3.05) is 19.7 Å². The summed E-state index contributed by atoms with van der Waals surface area (Å²) >= 11 is 0. The summed E-state index contributed by atoms with van der Waals surface area (Å²) in [5, 5.41) is 30.7. The molecule has 0 atom stereocenters. The van der Waals surface area contributed by atoms with Crippen molar-refractivity contribution in [1.82, 2.24) is 9.88 Å². The lowest BCUT2D eigenvalue weighted by atomic mass is 10.0. The van der Waals surface area contributed by atoms with Crippen molar-refractivity contribution in [2.24, 2.45) is 5.28 Å². The Morgan fingerprint density at radius 2 is 2.07 bits per heavy atom. The van der Waals surface area contributed by atoms with Gasteiger partial charge in [-0.15, -0.1) is 0 Å². The molecule has 1 aliphatic carbocycles. The van der Waals surface area contributed by atoms with Crippen LogP contribution in [0.25, 0.3) is 10.9 Å². The number of rotatable bonds is 8. The van der Waals surface area contributed by atoms with Crippen LogP contribution in [0.5, 0.6) is 0 Å². The summed E-state index contributed by atoms with van der Waals surface area (Å²) < 4.78 is 0. The van der Waals surface area contributed by atoms with Crippen molar-refractivity contribution in [2.45, 2.75) is 12.8 Å². The van der Waals surface area contributed by atoms with Gasteiger partial charge in [0.25, 0.3) is 6.20 Å². The van der Waals surface area contributed by atoms with Crippen molar-refractivity contribution in [3.05, 3.63) is 83.9 Å². The first-order chi connectivity index (χ1) is 13.7. The predicted octanol–water partition coefficient (Wildman–Crippen LogP) is 3.53. The van der Waals surface area contributed by atoms with Crippen molar-refractivity contribution in [3.63, 3.8) is 0 Å². The smallest absolute Gasteiger partial charge is 0.258 e. The molecule has 1 aliphatic rings. The number of aromatic nitrogens is 1. The van der Waals surface area contributed by atoms with Crippen LogP contribution in [0.15, 0.2) is 83.6 Å². The average molecular weight is 381 g/mol. The summed E-state index contributed by atoms with van der Waals surface area (Å²) in [7, 11) is 0. The summed E-state index contributed by atoms with van der Waals surface area (Å²) in [5.74, 6) is 0. The molecule has 0 spiro atoms. The lowest BCUT2D eigenvalue weighted by Crippen LogP contribution is -2.24. The number of aromatic amines is 1. The van der Waals surface area contributed by atoms with Crippen LogP contribution in [0.4, 0.5) is 0 Å². The fraction of sp³-hybridized carbons (Fsp3) is 0.238. The molecule has 7 heteroatoms. The van der Waals surface area contributed by atoms with E-state index in [0.29, 0.717) is 11.4 Å². The third-order valence-corrected chi connectivity index (χ3v) is 4.63. The molecule has 1 aromatic heterocycles. The summed E-state index contributed by atoms with van der Waals surface area (Å²) in [6, 6.07) is 8.26. The number of hydrogen-bond donors (Lipinski definition) is 4. The summed E-state index contributed by atoms with van der Waals surface area (Å²) in [6.07, 6.45) is 14.6. The molecule has 4 N–H and O–H groups in total. The molecule has 146 valence electrons. The predicted molar refractivity (Wildman–Crippen MR) is 106 cm³/mol. The zero-order valence-corrected chi connectivity index (χ0v) is 15.6. The number of aliphatic hydroxyl groups excluding tert-OH is 1. The second-order valence-corrected chi connectivity index (χ2v) is 6.54. The number of H-pyrrole nitrogens is 1. The zero-order chi connectivity index (χ0) is 19.8. The maximum Gasteiger partial charge on any atom is 0.258 e. The fourth-order valence-electron chi connectivity index (χ4n) is 3.18. The Kier molecular flexibility index (Phi) is 6.64. The number of benzene rings is 1. The third-order valence-electron chi connectivity index (χ3n) is 4.63. The molecule has 7 nitrogen and oxygen atoms in total. The maximum absolute atomic E-state index is 9.41. The quantitative estimate of drug-likeness (QED) is 0.320. The van der Waals surface area contributed by atoms with E-state index in [9.17, 15) is 5.11 Å². The standard InChI is InChI=1S/C21H24N4O3/c26-14-13-24(11-10-19-15-22-21-4-2-1-3-20(19)21)16-18-7-5-17(6-8-18)9-12-25(28)23-27/h1-7,9,12,15-16,22,26,28H,8,10-11,13-14H2/p+1. The summed E-state index contributed by atoms with van der Waals surface area (Å²) in [4.78, 5) is 5.78. The first kappa shape index (κ1) is 19.4. The average Bonchev–Trinajstić information content (AvgIpc) is 3.14. The number of hydrogen-bond acceptors (Lipinski definition) is 3. The maximum atomic E-state index is 9.41. The SMILES string of the molecule is OCCN(C=C1C=CC(C=C[N+](O)=NO)=CC1)CCc1c[nH]c2ccccc12. The zero-order valence-electron chi connectivity index (χ0n) is 15.6. The van der Waals surface area contributed by atoms with Gasteiger partial charge in [0, 0.05) is 42.5 Å². The van der Waals surface area contributed by atoms with Crippen molar-refractivity contribution < 1.29 is 20.4 Å². The number of para-hydroxylation sites is 1. The van der Waals surface area contributed by atoms with Crippen LogP contribution in [0, 0.1) is 0 Å². The Morgan fingerprint density at radius 1 is 1.21 bits per heavy atom. The van der Waals surface area contributed by atoms with Gasteiger partial charge in [-0.1, -0.05) is 36.4 Å². The molecular formula is C21H25N4O3+. The van der Waals surface area contributed by atoms with E-state index in [4.69, 9.17) is 10.4 Å². The minimum absolute atomic E-state index is 0.0994. The second-order valence-electron chi connectivity index (χ2n) is 6.54. The van der Waals surface area contributed by atoms with Crippen LogP contribution in [-0.2, 0) is 6.42 Å². The van der Waals surface area contributed by atoms with Crippen LogP contribution < -0.4 is 0 Å². The first-order valence-electron chi connectivity index (χ1n) is 9.20. The van der Waals surface area contributed by atoms with Crippen LogP contribution in [-0.4, -0.2) is 50.0 Å². The van der Waals surface area contributed by atoms with Gasteiger partial charge in [0.1, 0.15) is 0 Å². The van der Waals surface area contributed by atoms with Gasteiger partial charge in [-0.3, -0.25) is 5.21 Å². The number of fused-ring (bicyclic) bond motifs is 1. The molecule has 1 aromatic carbocycles. The first-order valence-corrected chi connectivity index (χ1v) is 9.20. The number of allylic oxidation sites excluding steroid dienone is 6. The normalized spacial score (nSPS) is 16.2. The van der Waals surface area contributed by atoms with Crippen LogP contribution in [0.2, 0.25) is 0 Å². The number of aliphatic hydroxyl groups is 1. The molecule has 28 heavy (non-hydrogen) atoms. The Labute approximate surface area is 163 Å². The van der Waals surface area contributed by atoms with Gasteiger partial charge >= 0.3 is 0 Å². The molecule has 0 saturated carbocycles.